The molecule has 1 nitrogen and oxygen atoms in total. The largest absolute Gasteiger partial charge is 0.455 e. The molecular weight excluding hydrogens is 605 g/mol. The Balaban J connectivity index is 1.30. The Morgan fingerprint density at radius 2 is 1.22 bits per heavy atom. The van der Waals surface area contributed by atoms with Crippen LogP contribution in [0.3, 0.4) is 0 Å². The predicted molar refractivity (Wildman–Crippen MR) is 211 cm³/mol. The summed E-state index contributed by atoms with van der Waals surface area (Å²) in [4.78, 5) is 0. The molecule has 8 aromatic rings. The van der Waals surface area contributed by atoms with Gasteiger partial charge in [-0.3, -0.25) is 0 Å². The summed E-state index contributed by atoms with van der Waals surface area (Å²) in [6.45, 7) is 4.95. The first kappa shape index (κ1) is 28.2. The molecule has 0 amide bonds. The van der Waals surface area contributed by atoms with Gasteiger partial charge >= 0.3 is 0 Å². The van der Waals surface area contributed by atoms with Crippen LogP contribution in [0.25, 0.3) is 78.4 Å². The second kappa shape index (κ2) is 10.2. The minimum Gasteiger partial charge on any atom is -0.455 e. The van der Waals surface area contributed by atoms with E-state index in [0.29, 0.717) is 0 Å². The van der Waals surface area contributed by atoms with Crippen LogP contribution in [0, 0.1) is 5.92 Å². The van der Waals surface area contributed by atoms with Crippen molar-refractivity contribution in [2.75, 3.05) is 0 Å². The average Bonchev–Trinajstić information content (AvgIpc) is 3.66. The third-order valence-electron chi connectivity index (χ3n) is 12.2. The maximum Gasteiger partial charge on any atom is 0.142 e. The molecule has 1 heterocycles. The molecule has 1 heteroatoms. The van der Waals surface area contributed by atoms with Crippen molar-refractivity contribution in [2.45, 2.75) is 38.0 Å². The highest BCUT2D eigenvalue weighted by molar-refractivity contribution is 6.13. The van der Waals surface area contributed by atoms with Crippen molar-refractivity contribution < 1.29 is 4.42 Å². The van der Waals surface area contributed by atoms with Crippen LogP contribution in [0.1, 0.15) is 60.4 Å². The van der Waals surface area contributed by atoms with Gasteiger partial charge in [-0.15, -0.1) is 0 Å². The Morgan fingerprint density at radius 3 is 2.06 bits per heavy atom. The quantitative estimate of drug-likeness (QED) is 0.183. The van der Waals surface area contributed by atoms with Crippen molar-refractivity contribution in [3.63, 3.8) is 0 Å². The van der Waals surface area contributed by atoms with E-state index >= 15 is 0 Å². The molecule has 238 valence electrons. The normalized spacial score (nSPS) is 18.6. The van der Waals surface area contributed by atoms with Crippen molar-refractivity contribution in [3.8, 4) is 11.1 Å². The van der Waals surface area contributed by atoms with E-state index in [9.17, 15) is 0 Å². The highest BCUT2D eigenvalue weighted by Gasteiger charge is 2.51. The number of hydrogen-bond donors (Lipinski definition) is 0. The molecule has 0 bridgehead atoms. The summed E-state index contributed by atoms with van der Waals surface area (Å²) < 4.78 is 6.78. The van der Waals surface area contributed by atoms with Crippen molar-refractivity contribution >= 4 is 67.3 Å². The number of furan rings is 1. The lowest BCUT2D eigenvalue weighted by molar-refractivity contribution is 0.403. The van der Waals surface area contributed by atoms with Gasteiger partial charge in [-0.2, -0.15) is 0 Å². The van der Waals surface area contributed by atoms with Gasteiger partial charge in [0.2, 0.25) is 0 Å². The van der Waals surface area contributed by atoms with Gasteiger partial charge < -0.3 is 4.42 Å². The molecule has 0 aliphatic heterocycles. The molecule has 1 aromatic heterocycles. The second-order valence-electron chi connectivity index (χ2n) is 15.0. The number of para-hydroxylation sites is 1. The minimum atomic E-state index is -0.0751. The maximum atomic E-state index is 6.78. The standard InChI is InChI=1S/C49H36O/c1-49(2)42-24-11-9-22-39(42)46-37-26-27-38-31-17-10-12-25-43(31)50-48(38)40(37)28-41(47(46)49)45-35-20-7-5-18-33(35)44(34-19-6-8-21-36(34)45)32-23-13-15-29-14-3-4-16-30(29)32/h3-5,7,9-28,46-47H,6,8H2,1-2H3. The van der Waals surface area contributed by atoms with Gasteiger partial charge in [0.15, 0.2) is 0 Å². The molecule has 0 spiro atoms. The van der Waals surface area contributed by atoms with Gasteiger partial charge in [-0.1, -0.05) is 147 Å². The van der Waals surface area contributed by atoms with Crippen LogP contribution in [0.2, 0.25) is 0 Å². The predicted octanol–water partition coefficient (Wildman–Crippen LogP) is 11.5. The maximum absolute atomic E-state index is 6.78. The van der Waals surface area contributed by atoms with Gasteiger partial charge in [0.25, 0.3) is 0 Å². The van der Waals surface area contributed by atoms with Gasteiger partial charge in [-0.25, -0.2) is 0 Å². The van der Waals surface area contributed by atoms with Crippen molar-refractivity contribution in [3.05, 3.63) is 166 Å². The number of fused-ring (bicyclic) bond motifs is 12. The highest BCUT2D eigenvalue weighted by atomic mass is 16.3. The van der Waals surface area contributed by atoms with E-state index in [1.54, 1.807) is 0 Å². The van der Waals surface area contributed by atoms with E-state index in [4.69, 9.17) is 4.42 Å². The van der Waals surface area contributed by atoms with E-state index < -0.39 is 0 Å². The molecule has 2 atom stereocenters. The van der Waals surface area contributed by atoms with E-state index in [1.165, 1.54) is 87.3 Å². The molecule has 0 fully saturated rings. The summed E-state index contributed by atoms with van der Waals surface area (Å²) in [6, 6.07) is 47.2. The smallest absolute Gasteiger partial charge is 0.142 e. The van der Waals surface area contributed by atoms with E-state index in [1.807, 2.05) is 0 Å². The molecule has 0 saturated heterocycles. The molecule has 3 aliphatic rings. The fraction of sp³-hybridized carbons (Fsp3) is 0.143. The van der Waals surface area contributed by atoms with Crippen molar-refractivity contribution in [1.29, 1.82) is 0 Å². The molecule has 0 N–H and O–H groups in total. The highest BCUT2D eigenvalue weighted by Crippen LogP contribution is 2.61. The molecule has 0 saturated carbocycles. The average molecular weight is 641 g/mol. The Kier molecular flexibility index (Phi) is 5.75. The summed E-state index contributed by atoms with van der Waals surface area (Å²) >= 11 is 0. The molecule has 0 radical (unpaired) electrons. The summed E-state index contributed by atoms with van der Waals surface area (Å²) in [5.41, 5.74) is 12.9. The zero-order chi connectivity index (χ0) is 33.1. The van der Waals surface area contributed by atoms with Crippen molar-refractivity contribution in [2.24, 2.45) is 5.92 Å². The number of hydrogen-bond acceptors (Lipinski definition) is 1. The topological polar surface area (TPSA) is 13.1 Å². The van der Waals surface area contributed by atoms with Crippen LogP contribution in [0.4, 0.5) is 0 Å². The van der Waals surface area contributed by atoms with Crippen LogP contribution in [-0.2, 0) is 5.41 Å². The third kappa shape index (κ3) is 3.67. The lowest BCUT2D eigenvalue weighted by atomic mass is 9.64. The summed E-state index contributed by atoms with van der Waals surface area (Å²) in [6.07, 6.45) is 9.68. The van der Waals surface area contributed by atoms with Gasteiger partial charge in [0.05, 0.1) is 0 Å². The minimum absolute atomic E-state index is 0.0751. The molecule has 50 heavy (non-hydrogen) atoms. The van der Waals surface area contributed by atoms with Crippen LogP contribution < -0.4 is 10.4 Å². The Hall–Kier alpha value is -5.66. The first-order valence-corrected chi connectivity index (χ1v) is 18.1. The monoisotopic (exact) mass is 640 g/mol. The van der Waals surface area contributed by atoms with Crippen LogP contribution in [-0.4, -0.2) is 0 Å². The Morgan fingerprint density at radius 1 is 0.560 bits per heavy atom. The van der Waals surface area contributed by atoms with Gasteiger partial charge in [0.1, 0.15) is 11.2 Å². The van der Waals surface area contributed by atoms with Gasteiger partial charge in [0, 0.05) is 28.2 Å². The second-order valence-corrected chi connectivity index (χ2v) is 15.0. The van der Waals surface area contributed by atoms with Gasteiger partial charge in [-0.05, 0) is 101 Å². The summed E-state index contributed by atoms with van der Waals surface area (Å²) in [5.74, 6) is 0.494. The lowest BCUT2D eigenvalue weighted by Gasteiger charge is -2.38. The van der Waals surface area contributed by atoms with Crippen LogP contribution in [0.5, 0.6) is 0 Å². The number of allylic oxidation sites excluding steroid dienone is 1. The van der Waals surface area contributed by atoms with E-state index in [-0.39, 0.29) is 17.3 Å². The molecular formula is C49H36O. The zero-order valence-corrected chi connectivity index (χ0v) is 28.3. The fourth-order valence-electron chi connectivity index (χ4n) is 10.2. The molecule has 7 aromatic carbocycles. The lowest BCUT2D eigenvalue weighted by Crippen LogP contribution is -2.37. The molecule has 3 aliphatic carbocycles. The first-order valence-electron chi connectivity index (χ1n) is 18.1. The fourth-order valence-corrected chi connectivity index (χ4v) is 10.2. The molecule has 2 unspecified atom stereocenters. The van der Waals surface area contributed by atoms with E-state index in [0.717, 1.165) is 24.0 Å². The Labute approximate surface area is 291 Å². The van der Waals surface area contributed by atoms with E-state index in [2.05, 4.69) is 159 Å². The van der Waals surface area contributed by atoms with Crippen LogP contribution in [0.15, 0.2) is 132 Å². The Bertz CT molecular complexity index is 2910. The third-order valence-corrected chi connectivity index (χ3v) is 12.2. The SMILES string of the molecule is CC1(C)c2ccccc2C2c3ccc4c(oc5ccccc54)c3C=C(c3c4c(c(-c5cccc6ccccc56)c5ccccc35)=CCCC=4)C21. The first-order chi connectivity index (χ1) is 24.6. The summed E-state index contributed by atoms with van der Waals surface area (Å²) in [5, 5.41) is 10.4. The summed E-state index contributed by atoms with van der Waals surface area (Å²) in [7, 11) is 0. The van der Waals surface area contributed by atoms with Crippen molar-refractivity contribution in [1.82, 2.24) is 0 Å². The number of benzene rings is 7. The number of rotatable bonds is 2. The van der Waals surface area contributed by atoms with Crippen LogP contribution >= 0.6 is 0 Å². The molecule has 11 rings (SSSR count). The zero-order valence-electron chi connectivity index (χ0n) is 28.3.